The van der Waals surface area contributed by atoms with Crippen molar-refractivity contribution in [2.75, 3.05) is 7.11 Å². The first-order chi connectivity index (χ1) is 10.2. The highest BCUT2D eigenvalue weighted by Gasteiger charge is 2.04. The maximum absolute atomic E-state index is 11.9. The number of hydrogen-bond donors (Lipinski definition) is 1. The summed E-state index contributed by atoms with van der Waals surface area (Å²) in [5.41, 5.74) is 3.51. The van der Waals surface area contributed by atoms with Crippen molar-refractivity contribution in [1.82, 2.24) is 5.32 Å². The first-order valence-corrected chi connectivity index (χ1v) is 7.13. The number of carbonyl (C=O) groups is 1. The normalized spacial score (nSPS) is 10.2. The average Bonchev–Trinajstić information content (AvgIpc) is 2.52. The number of rotatable bonds is 6. The van der Waals surface area contributed by atoms with Gasteiger partial charge in [0.15, 0.2) is 0 Å². The largest absolute Gasteiger partial charge is 0.497 e. The lowest BCUT2D eigenvalue weighted by atomic mass is 10.0. The SMILES string of the molecule is COc1cccc(CNC(=O)CCc2ccccc2C)c1. The summed E-state index contributed by atoms with van der Waals surface area (Å²) in [6, 6.07) is 15.9. The number of nitrogens with one attached hydrogen (secondary N) is 1. The lowest BCUT2D eigenvalue weighted by Crippen LogP contribution is -2.23. The second kappa shape index (κ2) is 7.48. The molecule has 0 radical (unpaired) electrons. The predicted octanol–water partition coefficient (Wildman–Crippen LogP) is 3.25. The summed E-state index contributed by atoms with van der Waals surface area (Å²) in [5, 5.41) is 2.95. The molecule has 0 aliphatic rings. The second-order valence-corrected chi connectivity index (χ2v) is 5.05. The van der Waals surface area contributed by atoms with E-state index in [-0.39, 0.29) is 5.91 Å². The summed E-state index contributed by atoms with van der Waals surface area (Å²) in [4.78, 5) is 11.9. The molecule has 2 aromatic carbocycles. The minimum atomic E-state index is 0.0704. The van der Waals surface area contributed by atoms with Crippen LogP contribution in [0.5, 0.6) is 5.75 Å². The first-order valence-electron chi connectivity index (χ1n) is 7.13. The van der Waals surface area contributed by atoms with Crippen LogP contribution in [0.4, 0.5) is 0 Å². The van der Waals surface area contributed by atoms with Crippen molar-refractivity contribution >= 4 is 5.91 Å². The highest BCUT2D eigenvalue weighted by atomic mass is 16.5. The van der Waals surface area contributed by atoms with Crippen molar-refractivity contribution < 1.29 is 9.53 Å². The third-order valence-corrected chi connectivity index (χ3v) is 3.51. The Kier molecular flexibility index (Phi) is 5.38. The van der Waals surface area contributed by atoms with Crippen molar-refractivity contribution in [3.8, 4) is 5.75 Å². The maximum Gasteiger partial charge on any atom is 0.220 e. The molecular weight excluding hydrogens is 262 g/mol. The van der Waals surface area contributed by atoms with E-state index in [0.717, 1.165) is 17.7 Å². The Morgan fingerprint density at radius 3 is 2.71 bits per heavy atom. The van der Waals surface area contributed by atoms with Gasteiger partial charge < -0.3 is 10.1 Å². The van der Waals surface area contributed by atoms with Gasteiger partial charge >= 0.3 is 0 Å². The highest BCUT2D eigenvalue weighted by molar-refractivity contribution is 5.76. The van der Waals surface area contributed by atoms with E-state index >= 15 is 0 Å². The van der Waals surface area contributed by atoms with Gasteiger partial charge in [0, 0.05) is 13.0 Å². The molecule has 0 aliphatic heterocycles. The second-order valence-electron chi connectivity index (χ2n) is 5.05. The van der Waals surface area contributed by atoms with E-state index in [9.17, 15) is 4.79 Å². The molecule has 0 heterocycles. The van der Waals surface area contributed by atoms with Crippen molar-refractivity contribution in [2.45, 2.75) is 26.3 Å². The smallest absolute Gasteiger partial charge is 0.220 e. The molecule has 1 amide bonds. The van der Waals surface area contributed by atoms with Crippen molar-refractivity contribution in [3.63, 3.8) is 0 Å². The van der Waals surface area contributed by atoms with Crippen LogP contribution in [0.2, 0.25) is 0 Å². The van der Waals surface area contributed by atoms with Crippen LogP contribution in [0.15, 0.2) is 48.5 Å². The maximum atomic E-state index is 11.9. The Morgan fingerprint density at radius 2 is 1.95 bits per heavy atom. The molecule has 0 aliphatic carbocycles. The molecule has 0 unspecified atom stereocenters. The highest BCUT2D eigenvalue weighted by Crippen LogP contribution is 2.12. The van der Waals surface area contributed by atoms with Crippen LogP contribution in [-0.2, 0) is 17.8 Å². The molecular formula is C18H21NO2. The van der Waals surface area contributed by atoms with Gasteiger partial charge in [-0.25, -0.2) is 0 Å². The molecule has 2 aromatic rings. The Morgan fingerprint density at radius 1 is 1.14 bits per heavy atom. The molecule has 3 nitrogen and oxygen atoms in total. The molecule has 0 aromatic heterocycles. The van der Waals surface area contributed by atoms with E-state index < -0.39 is 0 Å². The summed E-state index contributed by atoms with van der Waals surface area (Å²) in [7, 11) is 1.64. The van der Waals surface area contributed by atoms with Crippen LogP contribution in [0, 0.1) is 6.92 Å². The van der Waals surface area contributed by atoms with Gasteiger partial charge in [-0.1, -0.05) is 36.4 Å². The van der Waals surface area contributed by atoms with E-state index in [0.29, 0.717) is 13.0 Å². The third-order valence-electron chi connectivity index (χ3n) is 3.51. The minimum absolute atomic E-state index is 0.0704. The van der Waals surface area contributed by atoms with Crippen LogP contribution in [0.25, 0.3) is 0 Å². The predicted molar refractivity (Wildman–Crippen MR) is 84.3 cm³/mol. The zero-order valence-corrected chi connectivity index (χ0v) is 12.6. The summed E-state index contributed by atoms with van der Waals surface area (Å²) >= 11 is 0. The number of carbonyl (C=O) groups excluding carboxylic acids is 1. The summed E-state index contributed by atoms with van der Waals surface area (Å²) in [6.45, 7) is 2.60. The molecule has 110 valence electrons. The van der Waals surface area contributed by atoms with Crippen LogP contribution >= 0.6 is 0 Å². The average molecular weight is 283 g/mol. The van der Waals surface area contributed by atoms with Crippen molar-refractivity contribution in [3.05, 3.63) is 65.2 Å². The van der Waals surface area contributed by atoms with Crippen molar-refractivity contribution in [2.24, 2.45) is 0 Å². The zero-order valence-electron chi connectivity index (χ0n) is 12.6. The lowest BCUT2D eigenvalue weighted by Gasteiger charge is -2.08. The van der Waals surface area contributed by atoms with Crippen LogP contribution in [0.1, 0.15) is 23.1 Å². The van der Waals surface area contributed by atoms with E-state index in [4.69, 9.17) is 4.74 Å². The Labute approximate surface area is 126 Å². The van der Waals surface area contributed by atoms with Gasteiger partial charge in [-0.15, -0.1) is 0 Å². The molecule has 3 heteroatoms. The lowest BCUT2D eigenvalue weighted by molar-refractivity contribution is -0.121. The number of ether oxygens (including phenoxy) is 1. The van der Waals surface area contributed by atoms with Gasteiger partial charge in [0.05, 0.1) is 7.11 Å². The summed E-state index contributed by atoms with van der Waals surface area (Å²) in [6.07, 6.45) is 1.28. The third kappa shape index (κ3) is 4.63. The Hall–Kier alpha value is -2.29. The number of methoxy groups -OCH3 is 1. The van der Waals surface area contributed by atoms with Gasteiger partial charge in [-0.3, -0.25) is 4.79 Å². The van der Waals surface area contributed by atoms with E-state index in [1.54, 1.807) is 7.11 Å². The van der Waals surface area contributed by atoms with Crippen molar-refractivity contribution in [1.29, 1.82) is 0 Å². The topological polar surface area (TPSA) is 38.3 Å². The standard InChI is InChI=1S/C18H21NO2/c1-14-6-3-4-8-16(14)10-11-18(20)19-13-15-7-5-9-17(12-15)21-2/h3-9,12H,10-11,13H2,1-2H3,(H,19,20). The van der Waals surface area contributed by atoms with Gasteiger partial charge in [0.2, 0.25) is 5.91 Å². The molecule has 0 saturated carbocycles. The van der Waals surface area contributed by atoms with Gasteiger partial charge in [0.25, 0.3) is 0 Å². The Balaban J connectivity index is 1.81. The zero-order chi connectivity index (χ0) is 15.1. The fourth-order valence-corrected chi connectivity index (χ4v) is 2.21. The Bertz CT molecular complexity index is 608. The molecule has 0 spiro atoms. The molecule has 0 fully saturated rings. The fourth-order valence-electron chi connectivity index (χ4n) is 2.21. The first kappa shape index (κ1) is 15.1. The van der Waals surface area contributed by atoms with E-state index in [2.05, 4.69) is 24.4 Å². The number of aryl methyl sites for hydroxylation is 2. The van der Waals surface area contributed by atoms with Gasteiger partial charge in [0.1, 0.15) is 5.75 Å². The van der Waals surface area contributed by atoms with E-state index in [1.165, 1.54) is 11.1 Å². The number of benzene rings is 2. The van der Waals surface area contributed by atoms with Crippen LogP contribution in [0.3, 0.4) is 0 Å². The van der Waals surface area contributed by atoms with Gasteiger partial charge in [-0.05, 0) is 42.2 Å². The summed E-state index contributed by atoms with van der Waals surface area (Å²) in [5.74, 6) is 0.878. The molecule has 21 heavy (non-hydrogen) atoms. The minimum Gasteiger partial charge on any atom is -0.497 e. The molecule has 0 atom stereocenters. The van der Waals surface area contributed by atoms with Crippen LogP contribution < -0.4 is 10.1 Å². The molecule has 0 bridgehead atoms. The van der Waals surface area contributed by atoms with E-state index in [1.807, 2.05) is 36.4 Å². The molecule has 0 saturated heterocycles. The molecule has 1 N–H and O–H groups in total. The van der Waals surface area contributed by atoms with Crippen LogP contribution in [-0.4, -0.2) is 13.0 Å². The molecule has 2 rings (SSSR count). The van der Waals surface area contributed by atoms with Gasteiger partial charge in [-0.2, -0.15) is 0 Å². The number of hydrogen-bond acceptors (Lipinski definition) is 2. The fraction of sp³-hybridized carbons (Fsp3) is 0.278. The number of amides is 1. The quantitative estimate of drug-likeness (QED) is 0.883. The monoisotopic (exact) mass is 283 g/mol. The summed E-state index contributed by atoms with van der Waals surface area (Å²) < 4.78 is 5.17.